The molecule has 1 aliphatic heterocycles. The van der Waals surface area contributed by atoms with Gasteiger partial charge in [0.05, 0.1) is 6.10 Å². The number of hydroxylamine groups is 1. The average molecular weight is 347 g/mol. The monoisotopic (exact) mass is 346 g/mol. The lowest BCUT2D eigenvalue weighted by Gasteiger charge is -2.12. The molecule has 1 aromatic rings. The maximum atomic E-state index is 12.9. The first-order valence-corrected chi connectivity index (χ1v) is 7.15. The molecule has 0 unspecified atom stereocenters. The van der Waals surface area contributed by atoms with Crippen LogP contribution in [-0.2, 0) is 16.2 Å². The van der Waals surface area contributed by atoms with E-state index in [-0.39, 0.29) is 18.5 Å². The van der Waals surface area contributed by atoms with E-state index in [1.165, 1.54) is 12.1 Å². The van der Waals surface area contributed by atoms with Crippen LogP contribution in [0, 0.1) is 5.82 Å². The van der Waals surface area contributed by atoms with Gasteiger partial charge in [0.15, 0.2) is 0 Å². The van der Waals surface area contributed by atoms with Crippen molar-refractivity contribution in [2.45, 2.75) is 25.6 Å². The summed E-state index contributed by atoms with van der Waals surface area (Å²) < 4.78 is 18.9. The minimum atomic E-state index is -0.418. The second-order valence-corrected chi connectivity index (χ2v) is 5.33. The van der Waals surface area contributed by atoms with Gasteiger partial charge in [-0.05, 0) is 30.5 Å². The molecule has 1 atom stereocenters. The van der Waals surface area contributed by atoms with Crippen LogP contribution in [0.5, 0.6) is 0 Å². The van der Waals surface area contributed by atoms with E-state index in [0.717, 1.165) is 25.0 Å². The smallest absolute Gasteiger partial charge is 0.338 e. The van der Waals surface area contributed by atoms with Crippen LogP contribution in [0.2, 0.25) is 0 Å². The van der Waals surface area contributed by atoms with Gasteiger partial charge >= 0.3 is 6.03 Å². The number of halogens is 2. The number of carbonyl (C=O) groups excluding carboxylic acids is 1. The van der Waals surface area contributed by atoms with Gasteiger partial charge in [0, 0.05) is 17.6 Å². The number of hydrogen-bond acceptors (Lipinski definition) is 3. The minimum Gasteiger partial charge on any atom is -0.376 e. The lowest BCUT2D eigenvalue weighted by molar-refractivity contribution is 0.0464. The SMILES string of the molecule is O=C(NC[C@H]1CCCO1)NOCc1ccc(F)cc1Br. The molecule has 2 amide bonds. The van der Waals surface area contributed by atoms with Crippen LogP contribution in [0.3, 0.4) is 0 Å². The van der Waals surface area contributed by atoms with Crippen LogP contribution < -0.4 is 10.8 Å². The van der Waals surface area contributed by atoms with Gasteiger partial charge in [0.2, 0.25) is 0 Å². The predicted octanol–water partition coefficient (Wildman–Crippen LogP) is 2.50. The number of hydrogen-bond donors (Lipinski definition) is 2. The molecule has 20 heavy (non-hydrogen) atoms. The Hall–Kier alpha value is -1.18. The van der Waals surface area contributed by atoms with Crippen molar-refractivity contribution in [2.24, 2.45) is 0 Å². The molecule has 110 valence electrons. The topological polar surface area (TPSA) is 59.6 Å². The maximum absolute atomic E-state index is 12.9. The van der Waals surface area contributed by atoms with E-state index in [1.54, 1.807) is 6.07 Å². The fourth-order valence-electron chi connectivity index (χ4n) is 1.87. The zero-order chi connectivity index (χ0) is 14.4. The Morgan fingerprint density at radius 2 is 2.40 bits per heavy atom. The van der Waals surface area contributed by atoms with Crippen LogP contribution in [0.4, 0.5) is 9.18 Å². The summed E-state index contributed by atoms with van der Waals surface area (Å²) in [7, 11) is 0. The third-order valence-corrected chi connectivity index (χ3v) is 3.66. The summed E-state index contributed by atoms with van der Waals surface area (Å²) >= 11 is 3.22. The van der Waals surface area contributed by atoms with E-state index >= 15 is 0 Å². The van der Waals surface area contributed by atoms with Crippen molar-refractivity contribution in [2.75, 3.05) is 13.2 Å². The molecule has 1 fully saturated rings. The largest absolute Gasteiger partial charge is 0.376 e. The second kappa shape index (κ2) is 7.56. The van der Waals surface area contributed by atoms with Crippen LogP contribution in [0.15, 0.2) is 22.7 Å². The van der Waals surface area contributed by atoms with Crippen molar-refractivity contribution >= 4 is 22.0 Å². The zero-order valence-electron chi connectivity index (χ0n) is 10.8. The number of ether oxygens (including phenoxy) is 1. The molecule has 1 aliphatic rings. The van der Waals surface area contributed by atoms with E-state index < -0.39 is 6.03 Å². The lowest BCUT2D eigenvalue weighted by Crippen LogP contribution is -2.39. The summed E-state index contributed by atoms with van der Waals surface area (Å²) in [6.45, 7) is 1.37. The molecule has 1 aromatic carbocycles. The molecular formula is C13H16BrFN2O3. The number of benzene rings is 1. The van der Waals surface area contributed by atoms with Gasteiger partial charge in [-0.25, -0.2) is 14.7 Å². The number of carbonyl (C=O) groups is 1. The summed E-state index contributed by atoms with van der Waals surface area (Å²) in [6, 6.07) is 3.85. The van der Waals surface area contributed by atoms with Gasteiger partial charge in [-0.15, -0.1) is 0 Å². The van der Waals surface area contributed by atoms with E-state index in [2.05, 4.69) is 26.7 Å². The first-order valence-electron chi connectivity index (χ1n) is 6.36. The number of rotatable bonds is 5. The molecule has 0 radical (unpaired) electrons. The van der Waals surface area contributed by atoms with Gasteiger partial charge in [-0.2, -0.15) is 0 Å². The Bertz CT molecular complexity index is 467. The molecule has 5 nitrogen and oxygen atoms in total. The summed E-state index contributed by atoms with van der Waals surface area (Å²) in [4.78, 5) is 16.5. The fraction of sp³-hybridized carbons (Fsp3) is 0.462. The Morgan fingerprint density at radius 1 is 1.55 bits per heavy atom. The Morgan fingerprint density at radius 3 is 3.10 bits per heavy atom. The molecule has 2 N–H and O–H groups in total. The van der Waals surface area contributed by atoms with E-state index in [9.17, 15) is 9.18 Å². The first-order chi connectivity index (χ1) is 9.65. The normalized spacial score (nSPS) is 18.0. The number of amides is 2. The molecule has 7 heteroatoms. The highest BCUT2D eigenvalue weighted by Gasteiger charge is 2.16. The van der Waals surface area contributed by atoms with E-state index in [4.69, 9.17) is 9.57 Å². The van der Waals surface area contributed by atoms with Crippen LogP contribution >= 0.6 is 15.9 Å². The molecule has 0 bridgehead atoms. The summed E-state index contributed by atoms with van der Waals surface area (Å²) in [6.07, 6.45) is 2.08. The van der Waals surface area contributed by atoms with Crippen molar-refractivity contribution < 1.29 is 18.8 Å². The highest BCUT2D eigenvalue weighted by atomic mass is 79.9. The fourth-order valence-corrected chi connectivity index (χ4v) is 2.33. The van der Waals surface area contributed by atoms with Crippen LogP contribution in [0.1, 0.15) is 18.4 Å². The molecule has 0 saturated carbocycles. The summed E-state index contributed by atoms with van der Waals surface area (Å²) in [5.41, 5.74) is 3.02. The Kier molecular flexibility index (Phi) is 5.75. The average Bonchev–Trinajstić information content (AvgIpc) is 2.92. The standard InChI is InChI=1S/C13H16BrFN2O3/c14-12-6-10(15)4-3-9(12)8-20-17-13(18)16-7-11-2-1-5-19-11/h3-4,6,11H,1-2,5,7-8H2,(H2,16,17,18)/t11-/m1/s1. The van der Waals surface area contributed by atoms with Crippen molar-refractivity contribution in [1.82, 2.24) is 10.8 Å². The van der Waals surface area contributed by atoms with E-state index in [1.807, 2.05) is 0 Å². The number of nitrogens with one attached hydrogen (secondary N) is 2. The molecular weight excluding hydrogens is 331 g/mol. The molecule has 2 rings (SSSR count). The lowest BCUT2D eigenvalue weighted by atomic mass is 10.2. The second-order valence-electron chi connectivity index (χ2n) is 4.47. The Labute approximate surface area is 124 Å². The summed E-state index contributed by atoms with van der Waals surface area (Å²) in [5.74, 6) is -0.331. The summed E-state index contributed by atoms with van der Waals surface area (Å²) in [5, 5.41) is 2.66. The van der Waals surface area contributed by atoms with Crippen molar-refractivity contribution in [3.05, 3.63) is 34.1 Å². The third kappa shape index (κ3) is 4.73. The van der Waals surface area contributed by atoms with E-state index in [0.29, 0.717) is 11.0 Å². The van der Waals surface area contributed by atoms with Crippen LogP contribution in [-0.4, -0.2) is 25.3 Å². The molecule has 1 heterocycles. The van der Waals surface area contributed by atoms with Gasteiger partial charge in [-0.1, -0.05) is 22.0 Å². The molecule has 0 spiro atoms. The maximum Gasteiger partial charge on any atom is 0.338 e. The van der Waals surface area contributed by atoms with Crippen molar-refractivity contribution in [3.63, 3.8) is 0 Å². The van der Waals surface area contributed by atoms with Gasteiger partial charge in [-0.3, -0.25) is 4.84 Å². The number of urea groups is 1. The minimum absolute atomic E-state index is 0.0898. The van der Waals surface area contributed by atoms with Gasteiger partial charge in [0.25, 0.3) is 0 Å². The first kappa shape index (κ1) is 15.2. The molecule has 0 aromatic heterocycles. The Balaban J connectivity index is 1.65. The highest BCUT2D eigenvalue weighted by molar-refractivity contribution is 9.10. The highest BCUT2D eigenvalue weighted by Crippen LogP contribution is 2.18. The third-order valence-electron chi connectivity index (χ3n) is 2.92. The molecule has 0 aliphatic carbocycles. The van der Waals surface area contributed by atoms with Crippen LogP contribution in [0.25, 0.3) is 0 Å². The predicted molar refractivity (Wildman–Crippen MR) is 74.4 cm³/mol. The molecule has 1 saturated heterocycles. The van der Waals surface area contributed by atoms with Crippen molar-refractivity contribution in [1.29, 1.82) is 0 Å². The zero-order valence-corrected chi connectivity index (χ0v) is 12.4. The van der Waals surface area contributed by atoms with Gasteiger partial charge in [0.1, 0.15) is 12.4 Å². The van der Waals surface area contributed by atoms with Gasteiger partial charge < -0.3 is 10.1 Å². The van der Waals surface area contributed by atoms with Crippen molar-refractivity contribution in [3.8, 4) is 0 Å². The quantitative estimate of drug-likeness (QED) is 0.805.